The smallest absolute Gasteiger partial charge is 0.267 e. The lowest BCUT2D eigenvalue weighted by Crippen LogP contribution is -2.36. The fraction of sp³-hybridized carbons (Fsp3) is 0.385. The topological polar surface area (TPSA) is 62.7 Å². The average molecular weight is 246 g/mol. The predicted octanol–water partition coefficient (Wildman–Crippen LogP) is 1.59. The largest absolute Gasteiger partial charge is 0.354 e. The van der Waals surface area contributed by atoms with E-state index in [-0.39, 0.29) is 11.9 Å². The van der Waals surface area contributed by atoms with Crippen LogP contribution in [0.4, 0.5) is 0 Å². The molecule has 0 bridgehead atoms. The monoisotopic (exact) mass is 246 g/mol. The van der Waals surface area contributed by atoms with Gasteiger partial charge in [0, 0.05) is 24.1 Å². The maximum Gasteiger partial charge on any atom is 0.267 e. The lowest BCUT2D eigenvalue weighted by atomic mass is 10.3. The summed E-state index contributed by atoms with van der Waals surface area (Å²) in [6.45, 7) is 4.68. The van der Waals surface area contributed by atoms with Crippen LogP contribution in [-0.4, -0.2) is 26.7 Å². The fourth-order valence-electron chi connectivity index (χ4n) is 1.82. The zero-order chi connectivity index (χ0) is 13.0. The number of aryl methyl sites for hydroxylation is 1. The number of aromatic amines is 1. The second kappa shape index (κ2) is 5.53. The Labute approximate surface area is 106 Å². The summed E-state index contributed by atoms with van der Waals surface area (Å²) < 4.78 is 1.80. The molecular formula is C13H18N4O. The summed E-state index contributed by atoms with van der Waals surface area (Å²) in [5.74, 6) is -0.0747. The van der Waals surface area contributed by atoms with Crippen molar-refractivity contribution in [3.63, 3.8) is 0 Å². The van der Waals surface area contributed by atoms with Gasteiger partial charge < -0.3 is 10.3 Å². The van der Waals surface area contributed by atoms with E-state index < -0.39 is 0 Å². The fourth-order valence-corrected chi connectivity index (χ4v) is 1.82. The van der Waals surface area contributed by atoms with Crippen molar-refractivity contribution < 1.29 is 4.79 Å². The molecule has 2 aromatic heterocycles. The number of rotatable bonds is 5. The van der Waals surface area contributed by atoms with Crippen LogP contribution >= 0.6 is 0 Å². The van der Waals surface area contributed by atoms with Crippen molar-refractivity contribution in [2.45, 2.75) is 32.9 Å². The van der Waals surface area contributed by atoms with E-state index in [1.165, 1.54) is 0 Å². The van der Waals surface area contributed by atoms with Crippen LogP contribution < -0.4 is 5.32 Å². The number of amides is 1. The van der Waals surface area contributed by atoms with Crippen molar-refractivity contribution >= 4 is 5.91 Å². The number of aromatic nitrogens is 3. The van der Waals surface area contributed by atoms with Crippen molar-refractivity contribution in [3.8, 4) is 0 Å². The van der Waals surface area contributed by atoms with Gasteiger partial charge in [-0.2, -0.15) is 5.10 Å². The summed E-state index contributed by atoms with van der Waals surface area (Å²) in [6.07, 6.45) is 4.51. The molecule has 1 amide bonds. The summed E-state index contributed by atoms with van der Waals surface area (Å²) in [6, 6.07) is 5.65. The van der Waals surface area contributed by atoms with E-state index in [1.807, 2.05) is 38.2 Å². The van der Waals surface area contributed by atoms with Crippen LogP contribution in [0.25, 0.3) is 0 Å². The van der Waals surface area contributed by atoms with E-state index in [0.717, 1.165) is 12.1 Å². The first-order chi connectivity index (χ1) is 8.69. The second-order valence-electron chi connectivity index (χ2n) is 4.35. The van der Waals surface area contributed by atoms with E-state index in [4.69, 9.17) is 0 Å². The third-order valence-electron chi connectivity index (χ3n) is 2.77. The van der Waals surface area contributed by atoms with Gasteiger partial charge in [-0.1, -0.05) is 6.92 Å². The standard InChI is InChI=1S/C13H18N4O/c1-3-11-5-6-12(16-11)13(18)15-10(2)9-17-8-4-7-14-17/h4-8,10,16H,3,9H2,1-2H3,(H,15,18)/t10-/m0/s1. The second-order valence-corrected chi connectivity index (χ2v) is 4.35. The Bertz CT molecular complexity index is 501. The van der Waals surface area contributed by atoms with Crippen LogP contribution in [0.3, 0.4) is 0 Å². The maximum absolute atomic E-state index is 11.9. The molecule has 2 aromatic rings. The summed E-state index contributed by atoms with van der Waals surface area (Å²) in [5, 5.41) is 7.05. The Morgan fingerprint density at radius 1 is 1.56 bits per heavy atom. The molecule has 5 heteroatoms. The number of H-pyrrole nitrogens is 1. The zero-order valence-electron chi connectivity index (χ0n) is 10.7. The first-order valence-electron chi connectivity index (χ1n) is 6.15. The van der Waals surface area contributed by atoms with E-state index in [1.54, 1.807) is 10.9 Å². The lowest BCUT2D eigenvalue weighted by Gasteiger charge is -2.13. The van der Waals surface area contributed by atoms with Crippen LogP contribution in [-0.2, 0) is 13.0 Å². The van der Waals surface area contributed by atoms with Crippen LogP contribution in [0.2, 0.25) is 0 Å². The molecule has 18 heavy (non-hydrogen) atoms. The first kappa shape index (κ1) is 12.4. The van der Waals surface area contributed by atoms with E-state index in [0.29, 0.717) is 12.2 Å². The number of hydrogen-bond acceptors (Lipinski definition) is 2. The lowest BCUT2D eigenvalue weighted by molar-refractivity contribution is 0.0931. The van der Waals surface area contributed by atoms with Gasteiger partial charge in [-0.3, -0.25) is 9.48 Å². The van der Waals surface area contributed by atoms with E-state index >= 15 is 0 Å². The Hall–Kier alpha value is -2.04. The molecule has 2 N–H and O–H groups in total. The summed E-state index contributed by atoms with van der Waals surface area (Å²) in [4.78, 5) is 15.0. The quantitative estimate of drug-likeness (QED) is 0.841. The van der Waals surface area contributed by atoms with Crippen LogP contribution in [0.15, 0.2) is 30.6 Å². The molecule has 1 atom stereocenters. The van der Waals surface area contributed by atoms with Gasteiger partial charge >= 0.3 is 0 Å². The normalized spacial score (nSPS) is 12.3. The molecule has 0 unspecified atom stereocenters. The van der Waals surface area contributed by atoms with Crippen molar-refractivity contribution in [2.75, 3.05) is 0 Å². The van der Waals surface area contributed by atoms with Crippen molar-refractivity contribution in [1.82, 2.24) is 20.1 Å². The Morgan fingerprint density at radius 2 is 2.39 bits per heavy atom. The molecule has 0 saturated heterocycles. The molecule has 0 saturated carbocycles. The molecule has 2 heterocycles. The number of hydrogen-bond donors (Lipinski definition) is 2. The van der Waals surface area contributed by atoms with Gasteiger partial charge in [0.1, 0.15) is 5.69 Å². The molecule has 0 spiro atoms. The Morgan fingerprint density at radius 3 is 3.00 bits per heavy atom. The summed E-state index contributed by atoms with van der Waals surface area (Å²) >= 11 is 0. The molecule has 0 radical (unpaired) electrons. The van der Waals surface area contributed by atoms with E-state index in [2.05, 4.69) is 15.4 Å². The van der Waals surface area contributed by atoms with Gasteiger partial charge in [0.2, 0.25) is 0 Å². The predicted molar refractivity (Wildman–Crippen MR) is 69.3 cm³/mol. The van der Waals surface area contributed by atoms with Crippen molar-refractivity contribution in [3.05, 3.63) is 42.0 Å². The maximum atomic E-state index is 11.9. The SMILES string of the molecule is CCc1ccc(C(=O)N[C@@H](C)Cn2cccn2)[nH]1. The number of carbonyl (C=O) groups excluding carboxylic acids is 1. The zero-order valence-corrected chi connectivity index (χ0v) is 10.7. The van der Waals surface area contributed by atoms with Gasteiger partial charge in [0.15, 0.2) is 0 Å². The van der Waals surface area contributed by atoms with E-state index in [9.17, 15) is 4.79 Å². The number of nitrogens with one attached hydrogen (secondary N) is 2. The molecule has 96 valence electrons. The highest BCUT2D eigenvalue weighted by atomic mass is 16.1. The highest BCUT2D eigenvalue weighted by Gasteiger charge is 2.11. The highest BCUT2D eigenvalue weighted by Crippen LogP contribution is 2.03. The molecule has 5 nitrogen and oxygen atoms in total. The van der Waals surface area contributed by atoms with Gasteiger partial charge in [-0.05, 0) is 31.5 Å². The molecule has 0 aliphatic heterocycles. The molecule has 0 aliphatic rings. The minimum atomic E-state index is -0.0747. The molecule has 0 aromatic carbocycles. The third-order valence-corrected chi connectivity index (χ3v) is 2.77. The van der Waals surface area contributed by atoms with Crippen molar-refractivity contribution in [2.24, 2.45) is 0 Å². The van der Waals surface area contributed by atoms with Gasteiger partial charge in [0.05, 0.1) is 6.54 Å². The Kier molecular flexibility index (Phi) is 3.82. The third kappa shape index (κ3) is 3.00. The molecule has 0 aliphatic carbocycles. The van der Waals surface area contributed by atoms with Crippen LogP contribution in [0.1, 0.15) is 30.0 Å². The average Bonchev–Trinajstić information content (AvgIpc) is 2.98. The summed E-state index contributed by atoms with van der Waals surface area (Å²) in [7, 11) is 0. The minimum absolute atomic E-state index is 0.0331. The summed E-state index contributed by atoms with van der Waals surface area (Å²) in [5.41, 5.74) is 1.68. The van der Waals surface area contributed by atoms with Gasteiger partial charge in [0.25, 0.3) is 5.91 Å². The van der Waals surface area contributed by atoms with Crippen LogP contribution in [0, 0.1) is 0 Å². The van der Waals surface area contributed by atoms with Crippen LogP contribution in [0.5, 0.6) is 0 Å². The van der Waals surface area contributed by atoms with Gasteiger partial charge in [-0.15, -0.1) is 0 Å². The number of carbonyl (C=O) groups is 1. The first-order valence-corrected chi connectivity index (χ1v) is 6.15. The van der Waals surface area contributed by atoms with Crippen molar-refractivity contribution in [1.29, 1.82) is 0 Å². The Balaban J connectivity index is 1.90. The minimum Gasteiger partial charge on any atom is -0.354 e. The molecule has 2 rings (SSSR count). The number of nitrogens with zero attached hydrogens (tertiary/aromatic N) is 2. The molecular weight excluding hydrogens is 228 g/mol. The molecule has 0 fully saturated rings. The van der Waals surface area contributed by atoms with Gasteiger partial charge in [-0.25, -0.2) is 0 Å². The highest BCUT2D eigenvalue weighted by molar-refractivity contribution is 5.92.